The first-order valence-corrected chi connectivity index (χ1v) is 11.9. The predicted molar refractivity (Wildman–Crippen MR) is 134 cm³/mol. The Hall–Kier alpha value is -3.07. The number of anilines is 3. The van der Waals surface area contributed by atoms with Gasteiger partial charge in [-0.3, -0.25) is 4.79 Å². The van der Waals surface area contributed by atoms with E-state index in [0.717, 1.165) is 25.8 Å². The van der Waals surface area contributed by atoms with E-state index < -0.39 is 0 Å². The zero-order valence-electron chi connectivity index (χ0n) is 17.0. The normalized spacial score (nSPS) is 10.7. The Morgan fingerprint density at radius 2 is 1.72 bits per heavy atom. The molecule has 0 aliphatic rings. The third kappa shape index (κ3) is 5.79. The number of aryl methyl sites for hydroxylation is 1. The van der Waals surface area contributed by atoms with E-state index in [9.17, 15) is 9.59 Å². The van der Waals surface area contributed by atoms with E-state index in [1.165, 1.54) is 23.1 Å². The van der Waals surface area contributed by atoms with E-state index >= 15 is 0 Å². The number of nitrogens with zero attached hydrogens (tertiary/aromatic N) is 1. The van der Waals surface area contributed by atoms with Crippen LogP contribution in [0.15, 0.2) is 71.1 Å². The molecule has 9 heteroatoms. The van der Waals surface area contributed by atoms with Crippen molar-refractivity contribution in [3.05, 3.63) is 77.3 Å². The maximum atomic E-state index is 12.3. The maximum Gasteiger partial charge on any atom is 0.323 e. The second-order valence-corrected chi connectivity index (χ2v) is 9.58. The summed E-state index contributed by atoms with van der Waals surface area (Å²) in [4.78, 5) is 29.1. The molecule has 0 aliphatic carbocycles. The Morgan fingerprint density at radius 1 is 0.969 bits per heavy atom. The van der Waals surface area contributed by atoms with Gasteiger partial charge in [0.25, 0.3) is 0 Å². The molecule has 0 aliphatic heterocycles. The van der Waals surface area contributed by atoms with Crippen LogP contribution in [0.2, 0.25) is 5.02 Å². The molecule has 1 aromatic heterocycles. The molecule has 32 heavy (non-hydrogen) atoms. The largest absolute Gasteiger partial charge is 0.325 e. The van der Waals surface area contributed by atoms with Gasteiger partial charge in [-0.25, -0.2) is 9.78 Å². The first-order valence-electron chi connectivity index (χ1n) is 9.69. The van der Waals surface area contributed by atoms with Crippen molar-refractivity contribution in [2.24, 2.45) is 0 Å². The lowest BCUT2D eigenvalue weighted by molar-refractivity contribution is -0.113. The summed E-state index contributed by atoms with van der Waals surface area (Å²) in [5.41, 5.74) is 3.90. The van der Waals surface area contributed by atoms with Gasteiger partial charge in [-0.1, -0.05) is 53.2 Å². The quantitative estimate of drug-likeness (QED) is 0.269. The van der Waals surface area contributed by atoms with Crippen LogP contribution in [0.4, 0.5) is 21.9 Å². The summed E-state index contributed by atoms with van der Waals surface area (Å²) in [6.07, 6.45) is 0. The number of benzene rings is 3. The lowest BCUT2D eigenvalue weighted by Gasteiger charge is -2.08. The third-order valence-electron chi connectivity index (χ3n) is 4.41. The van der Waals surface area contributed by atoms with Crippen molar-refractivity contribution in [3.63, 3.8) is 0 Å². The Bertz CT molecular complexity index is 1270. The average Bonchev–Trinajstić information content (AvgIpc) is 3.18. The highest BCUT2D eigenvalue weighted by atomic mass is 35.5. The number of amides is 3. The van der Waals surface area contributed by atoms with Crippen LogP contribution >= 0.6 is 34.7 Å². The van der Waals surface area contributed by atoms with Gasteiger partial charge in [0.05, 0.1) is 26.7 Å². The Labute approximate surface area is 198 Å². The SMILES string of the molecule is Cc1ccc(NC(=O)CSc2nc3ccc(NC(=O)Nc4ccccc4Cl)cc3s2)cc1. The lowest BCUT2D eigenvalue weighted by atomic mass is 10.2. The number of urea groups is 1. The number of hydrogen-bond acceptors (Lipinski definition) is 5. The summed E-state index contributed by atoms with van der Waals surface area (Å²) in [7, 11) is 0. The number of thioether (sulfide) groups is 1. The molecule has 0 fully saturated rings. The molecule has 0 bridgehead atoms. The van der Waals surface area contributed by atoms with Gasteiger partial charge in [-0.05, 0) is 49.4 Å². The standard InChI is InChI=1S/C23H19ClN4O2S2/c1-14-6-8-15(9-7-14)25-21(29)13-31-23-28-19-11-10-16(12-20(19)32-23)26-22(30)27-18-5-3-2-4-17(18)24/h2-12H,13H2,1H3,(H,25,29)(H2,26,27,30). The third-order valence-corrected chi connectivity index (χ3v) is 6.90. The number of nitrogens with one attached hydrogen (secondary N) is 3. The van der Waals surface area contributed by atoms with Crippen LogP contribution in [0.3, 0.4) is 0 Å². The zero-order chi connectivity index (χ0) is 22.5. The van der Waals surface area contributed by atoms with Crippen LogP contribution in [0.5, 0.6) is 0 Å². The summed E-state index contributed by atoms with van der Waals surface area (Å²) in [6.45, 7) is 2.00. The van der Waals surface area contributed by atoms with Gasteiger partial charge in [0.15, 0.2) is 4.34 Å². The molecule has 0 spiro atoms. The van der Waals surface area contributed by atoms with Gasteiger partial charge in [0.1, 0.15) is 0 Å². The van der Waals surface area contributed by atoms with Gasteiger partial charge < -0.3 is 16.0 Å². The van der Waals surface area contributed by atoms with Gasteiger partial charge >= 0.3 is 6.03 Å². The number of para-hydroxylation sites is 1. The Balaban J connectivity index is 1.35. The van der Waals surface area contributed by atoms with Crippen LogP contribution in [-0.4, -0.2) is 22.7 Å². The van der Waals surface area contributed by atoms with E-state index in [4.69, 9.17) is 11.6 Å². The molecule has 162 valence electrons. The Kier molecular flexibility index (Phi) is 6.94. The summed E-state index contributed by atoms with van der Waals surface area (Å²) < 4.78 is 1.71. The molecule has 0 saturated carbocycles. The number of halogens is 1. The fourth-order valence-corrected chi connectivity index (χ4v) is 4.94. The molecule has 4 aromatic rings. The monoisotopic (exact) mass is 482 g/mol. The highest BCUT2D eigenvalue weighted by Crippen LogP contribution is 2.31. The van der Waals surface area contributed by atoms with Gasteiger partial charge in [0.2, 0.25) is 5.91 Å². The van der Waals surface area contributed by atoms with E-state index in [1.54, 1.807) is 30.3 Å². The number of hydrogen-bond donors (Lipinski definition) is 3. The zero-order valence-corrected chi connectivity index (χ0v) is 19.4. The number of rotatable bonds is 6. The minimum atomic E-state index is -0.385. The van der Waals surface area contributed by atoms with Crippen molar-refractivity contribution in [2.75, 3.05) is 21.7 Å². The molecule has 0 atom stereocenters. The fraction of sp³-hybridized carbons (Fsp3) is 0.0870. The topological polar surface area (TPSA) is 83.1 Å². The van der Waals surface area contributed by atoms with Crippen molar-refractivity contribution in [3.8, 4) is 0 Å². The van der Waals surface area contributed by atoms with E-state index in [-0.39, 0.29) is 17.7 Å². The first kappa shape index (κ1) is 22.1. The second kappa shape index (κ2) is 10.0. The smallest absolute Gasteiger partial charge is 0.323 e. The second-order valence-electron chi connectivity index (χ2n) is 6.92. The molecular formula is C23H19ClN4O2S2. The molecule has 3 amide bonds. The predicted octanol–water partition coefficient (Wildman–Crippen LogP) is 6.63. The van der Waals surface area contributed by atoms with Crippen LogP contribution in [0.25, 0.3) is 10.2 Å². The molecule has 1 heterocycles. The summed E-state index contributed by atoms with van der Waals surface area (Å²) in [5, 5.41) is 8.87. The van der Waals surface area contributed by atoms with Gasteiger partial charge in [-0.15, -0.1) is 11.3 Å². The van der Waals surface area contributed by atoms with Crippen molar-refractivity contribution >= 4 is 73.9 Å². The van der Waals surface area contributed by atoms with Crippen molar-refractivity contribution in [2.45, 2.75) is 11.3 Å². The van der Waals surface area contributed by atoms with Crippen molar-refractivity contribution < 1.29 is 9.59 Å². The highest BCUT2D eigenvalue weighted by molar-refractivity contribution is 8.01. The van der Waals surface area contributed by atoms with Crippen LogP contribution in [0.1, 0.15) is 5.56 Å². The minimum absolute atomic E-state index is 0.0864. The molecule has 3 N–H and O–H groups in total. The van der Waals surface area contributed by atoms with E-state index in [2.05, 4.69) is 20.9 Å². The van der Waals surface area contributed by atoms with E-state index in [0.29, 0.717) is 16.4 Å². The van der Waals surface area contributed by atoms with E-state index in [1.807, 2.05) is 43.3 Å². The van der Waals surface area contributed by atoms with Gasteiger partial charge in [-0.2, -0.15) is 0 Å². The summed E-state index contributed by atoms with van der Waals surface area (Å²) >= 11 is 8.93. The van der Waals surface area contributed by atoms with Crippen LogP contribution in [-0.2, 0) is 4.79 Å². The molecule has 0 radical (unpaired) electrons. The van der Waals surface area contributed by atoms with Crippen molar-refractivity contribution in [1.82, 2.24) is 4.98 Å². The average molecular weight is 483 g/mol. The fourth-order valence-electron chi connectivity index (χ4n) is 2.85. The van der Waals surface area contributed by atoms with Gasteiger partial charge in [0, 0.05) is 11.4 Å². The summed E-state index contributed by atoms with van der Waals surface area (Å²) in [6, 6.07) is 19.8. The first-order chi connectivity index (χ1) is 15.5. The molecule has 0 unspecified atom stereocenters. The molecule has 4 rings (SSSR count). The van der Waals surface area contributed by atoms with Crippen LogP contribution in [0, 0.1) is 6.92 Å². The summed E-state index contributed by atoms with van der Waals surface area (Å²) in [5.74, 6) is 0.177. The number of thiazole rings is 1. The number of carbonyl (C=O) groups is 2. The number of aromatic nitrogens is 1. The minimum Gasteiger partial charge on any atom is -0.325 e. The highest BCUT2D eigenvalue weighted by Gasteiger charge is 2.10. The molecular weight excluding hydrogens is 464 g/mol. The Morgan fingerprint density at radius 3 is 2.50 bits per heavy atom. The lowest BCUT2D eigenvalue weighted by Crippen LogP contribution is -2.19. The maximum absolute atomic E-state index is 12.3. The number of fused-ring (bicyclic) bond motifs is 1. The molecule has 3 aromatic carbocycles. The molecule has 0 saturated heterocycles. The number of carbonyl (C=O) groups excluding carboxylic acids is 2. The van der Waals surface area contributed by atoms with Crippen molar-refractivity contribution in [1.29, 1.82) is 0 Å². The van der Waals surface area contributed by atoms with Crippen LogP contribution < -0.4 is 16.0 Å². The molecule has 6 nitrogen and oxygen atoms in total.